The Morgan fingerprint density at radius 3 is 2.79 bits per heavy atom. The largest absolute Gasteiger partial charge is 0.487 e. The number of aromatic amines is 1. The number of rotatable bonds is 3. The van der Waals surface area contributed by atoms with Crippen LogP contribution in [0, 0.1) is 0 Å². The highest BCUT2D eigenvalue weighted by molar-refractivity contribution is 5.76. The lowest BCUT2D eigenvalue weighted by Gasteiger charge is -2.07. The van der Waals surface area contributed by atoms with Gasteiger partial charge in [0.05, 0.1) is 6.20 Å². The first-order chi connectivity index (χ1) is 9.33. The average molecular weight is 253 g/mol. The van der Waals surface area contributed by atoms with Crippen molar-refractivity contribution in [3.8, 4) is 5.75 Å². The molecule has 2 heterocycles. The van der Waals surface area contributed by atoms with Crippen molar-refractivity contribution in [3.63, 3.8) is 0 Å². The van der Waals surface area contributed by atoms with Gasteiger partial charge in [-0.1, -0.05) is 30.3 Å². The molecule has 94 valence electrons. The highest BCUT2D eigenvalue weighted by Gasteiger charge is 2.05. The maximum Gasteiger partial charge on any atom is 0.267 e. The van der Waals surface area contributed by atoms with Gasteiger partial charge >= 0.3 is 0 Å². The Hall–Kier alpha value is -2.69. The van der Waals surface area contributed by atoms with Gasteiger partial charge in [-0.15, -0.1) is 0 Å². The molecule has 1 aromatic carbocycles. The molecule has 5 heteroatoms. The van der Waals surface area contributed by atoms with E-state index in [1.165, 1.54) is 6.20 Å². The molecule has 2 aromatic heterocycles. The topological polar surface area (TPSA) is 67.9 Å². The van der Waals surface area contributed by atoms with E-state index in [-0.39, 0.29) is 5.56 Å². The van der Waals surface area contributed by atoms with Crippen LogP contribution in [0.25, 0.3) is 11.2 Å². The maximum atomic E-state index is 11.3. The predicted octanol–water partition coefficient (Wildman–Crippen LogP) is 1.90. The fraction of sp³-hybridized carbons (Fsp3) is 0.0714. The molecule has 5 nitrogen and oxygen atoms in total. The van der Waals surface area contributed by atoms with Crippen LogP contribution >= 0.6 is 0 Å². The van der Waals surface area contributed by atoms with Gasteiger partial charge in [0.15, 0.2) is 5.65 Å². The molecule has 0 amide bonds. The SMILES string of the molecule is O=c1cnc2nccc(OCc3ccccc3)c2[nH]1. The van der Waals surface area contributed by atoms with E-state index in [4.69, 9.17) is 4.74 Å². The summed E-state index contributed by atoms with van der Waals surface area (Å²) in [5.74, 6) is 0.569. The van der Waals surface area contributed by atoms with Crippen molar-refractivity contribution in [2.45, 2.75) is 6.61 Å². The van der Waals surface area contributed by atoms with Crippen LogP contribution in [-0.4, -0.2) is 15.0 Å². The number of benzene rings is 1. The summed E-state index contributed by atoms with van der Waals surface area (Å²) in [6, 6.07) is 11.5. The molecular formula is C14H11N3O2. The van der Waals surface area contributed by atoms with E-state index in [0.717, 1.165) is 5.56 Å². The zero-order chi connectivity index (χ0) is 13.1. The van der Waals surface area contributed by atoms with Crippen molar-refractivity contribution < 1.29 is 4.74 Å². The maximum absolute atomic E-state index is 11.3. The summed E-state index contributed by atoms with van der Waals surface area (Å²) in [7, 11) is 0. The first-order valence-corrected chi connectivity index (χ1v) is 5.84. The van der Waals surface area contributed by atoms with Crippen LogP contribution in [0.3, 0.4) is 0 Å². The summed E-state index contributed by atoms with van der Waals surface area (Å²) in [6.45, 7) is 0.427. The summed E-state index contributed by atoms with van der Waals surface area (Å²) in [4.78, 5) is 22.0. The minimum atomic E-state index is -0.273. The normalized spacial score (nSPS) is 10.5. The second-order valence-electron chi connectivity index (χ2n) is 4.03. The number of ether oxygens (including phenoxy) is 1. The van der Waals surface area contributed by atoms with Gasteiger partial charge in [-0.05, 0) is 5.56 Å². The third kappa shape index (κ3) is 2.44. The third-order valence-corrected chi connectivity index (χ3v) is 2.68. The van der Waals surface area contributed by atoms with Crippen molar-refractivity contribution in [1.82, 2.24) is 15.0 Å². The summed E-state index contributed by atoms with van der Waals surface area (Å²) in [5, 5.41) is 0. The summed E-state index contributed by atoms with van der Waals surface area (Å²) in [6.07, 6.45) is 2.81. The van der Waals surface area contributed by atoms with E-state index in [1.54, 1.807) is 12.3 Å². The average Bonchev–Trinajstić information content (AvgIpc) is 2.46. The van der Waals surface area contributed by atoms with Gasteiger partial charge < -0.3 is 9.72 Å². The second-order valence-corrected chi connectivity index (χ2v) is 4.03. The zero-order valence-electron chi connectivity index (χ0n) is 10.0. The second kappa shape index (κ2) is 4.89. The quantitative estimate of drug-likeness (QED) is 0.774. The Kier molecular flexibility index (Phi) is 2.94. The number of fused-ring (bicyclic) bond motifs is 1. The van der Waals surface area contributed by atoms with Crippen LogP contribution in [-0.2, 0) is 6.61 Å². The lowest BCUT2D eigenvalue weighted by atomic mass is 10.2. The number of aromatic nitrogens is 3. The number of H-pyrrole nitrogens is 1. The molecule has 0 radical (unpaired) electrons. The van der Waals surface area contributed by atoms with Crippen molar-refractivity contribution in [3.05, 3.63) is 64.7 Å². The van der Waals surface area contributed by atoms with E-state index in [1.807, 2.05) is 30.3 Å². The molecular weight excluding hydrogens is 242 g/mol. The van der Waals surface area contributed by atoms with Crippen LogP contribution in [0.4, 0.5) is 0 Å². The van der Waals surface area contributed by atoms with Crippen molar-refractivity contribution >= 4 is 11.2 Å². The number of pyridine rings is 1. The molecule has 0 aliphatic heterocycles. The van der Waals surface area contributed by atoms with Crippen molar-refractivity contribution in [2.24, 2.45) is 0 Å². The smallest absolute Gasteiger partial charge is 0.267 e. The Labute approximate surface area is 108 Å². The van der Waals surface area contributed by atoms with Crippen molar-refractivity contribution in [2.75, 3.05) is 0 Å². The van der Waals surface area contributed by atoms with Gasteiger partial charge in [-0.2, -0.15) is 0 Å². The van der Waals surface area contributed by atoms with Crippen LogP contribution < -0.4 is 10.3 Å². The molecule has 0 bridgehead atoms. The molecule has 19 heavy (non-hydrogen) atoms. The van der Waals surface area contributed by atoms with Crippen LogP contribution in [0.2, 0.25) is 0 Å². The number of hydrogen-bond donors (Lipinski definition) is 1. The molecule has 0 aliphatic carbocycles. The van der Waals surface area contributed by atoms with Gasteiger partial charge in [0.25, 0.3) is 5.56 Å². The van der Waals surface area contributed by atoms with Gasteiger partial charge in [0, 0.05) is 12.3 Å². The molecule has 0 saturated heterocycles. The summed E-state index contributed by atoms with van der Waals surface area (Å²) < 4.78 is 5.71. The molecule has 0 fully saturated rings. The Morgan fingerprint density at radius 2 is 1.95 bits per heavy atom. The van der Waals surface area contributed by atoms with Crippen molar-refractivity contribution in [1.29, 1.82) is 0 Å². The molecule has 0 spiro atoms. The van der Waals surface area contributed by atoms with Crippen LogP contribution in [0.5, 0.6) is 5.75 Å². The standard InChI is InChI=1S/C14H11N3O2/c18-12-8-16-14-13(17-12)11(6-7-15-14)19-9-10-4-2-1-3-5-10/h1-8H,9H2,(H,17,18). The van der Waals surface area contributed by atoms with E-state index < -0.39 is 0 Å². The highest BCUT2D eigenvalue weighted by Crippen LogP contribution is 2.19. The first kappa shape index (κ1) is 11.4. The highest BCUT2D eigenvalue weighted by atomic mass is 16.5. The summed E-state index contributed by atoms with van der Waals surface area (Å²) in [5.41, 5.74) is 1.76. The number of nitrogens with one attached hydrogen (secondary N) is 1. The number of hydrogen-bond acceptors (Lipinski definition) is 4. The molecule has 0 saturated carbocycles. The van der Waals surface area contributed by atoms with Gasteiger partial charge in [-0.3, -0.25) is 4.79 Å². The van der Waals surface area contributed by atoms with Gasteiger partial charge in [0.1, 0.15) is 17.9 Å². The van der Waals surface area contributed by atoms with E-state index in [9.17, 15) is 4.79 Å². The van der Waals surface area contributed by atoms with Gasteiger partial charge in [0.2, 0.25) is 0 Å². The lowest BCUT2D eigenvalue weighted by molar-refractivity contribution is 0.309. The fourth-order valence-corrected chi connectivity index (χ4v) is 1.78. The molecule has 0 aliphatic rings. The minimum Gasteiger partial charge on any atom is -0.487 e. The Bertz CT molecular complexity index is 753. The first-order valence-electron chi connectivity index (χ1n) is 5.84. The van der Waals surface area contributed by atoms with Crippen LogP contribution in [0.1, 0.15) is 5.56 Å². The molecule has 1 N–H and O–H groups in total. The van der Waals surface area contributed by atoms with E-state index >= 15 is 0 Å². The molecule has 0 atom stereocenters. The molecule has 3 rings (SSSR count). The third-order valence-electron chi connectivity index (χ3n) is 2.68. The number of nitrogens with zero attached hydrogens (tertiary/aromatic N) is 2. The molecule has 3 aromatic rings. The Morgan fingerprint density at radius 1 is 1.11 bits per heavy atom. The zero-order valence-corrected chi connectivity index (χ0v) is 10.0. The lowest BCUT2D eigenvalue weighted by Crippen LogP contribution is -2.07. The summed E-state index contributed by atoms with van der Waals surface area (Å²) >= 11 is 0. The van der Waals surface area contributed by atoms with Gasteiger partial charge in [-0.25, -0.2) is 9.97 Å². The van der Waals surface area contributed by atoms with E-state index in [2.05, 4.69) is 15.0 Å². The minimum absolute atomic E-state index is 0.273. The van der Waals surface area contributed by atoms with E-state index in [0.29, 0.717) is 23.5 Å². The molecule has 0 unspecified atom stereocenters. The fourth-order valence-electron chi connectivity index (χ4n) is 1.78. The monoisotopic (exact) mass is 253 g/mol. The Balaban J connectivity index is 1.93. The van der Waals surface area contributed by atoms with Crippen LogP contribution in [0.15, 0.2) is 53.6 Å². The predicted molar refractivity (Wildman–Crippen MR) is 70.9 cm³/mol.